The summed E-state index contributed by atoms with van der Waals surface area (Å²) in [5.41, 5.74) is 4.55. The van der Waals surface area contributed by atoms with Gasteiger partial charge in [0.15, 0.2) is 0 Å². The first-order valence-electron chi connectivity index (χ1n) is 11.3. The van der Waals surface area contributed by atoms with Crippen molar-refractivity contribution >= 4 is 16.9 Å². The highest BCUT2D eigenvalue weighted by molar-refractivity contribution is 5.94. The van der Waals surface area contributed by atoms with Gasteiger partial charge < -0.3 is 15.0 Å². The number of para-hydroxylation sites is 3. The number of imidazole rings is 1. The number of fused-ring (bicyclic) bond motifs is 1. The quantitative estimate of drug-likeness (QED) is 0.313. The number of hydrogen-bond acceptors (Lipinski definition) is 3. The number of nitrogens with zero attached hydrogens (tertiary/aromatic N) is 1. The first-order chi connectivity index (χ1) is 16.7. The molecule has 1 aromatic heterocycles. The van der Waals surface area contributed by atoms with Gasteiger partial charge in [-0.1, -0.05) is 72.8 Å². The SMILES string of the molecule is O=C(NC(Cc1ccccc1)c1nc2ccccc2[nH]1)c1ccc(COc2ccccc2)cc1. The molecule has 5 rings (SSSR count). The molecular formula is C29H25N3O2. The monoisotopic (exact) mass is 447 g/mol. The fraction of sp³-hybridized carbons (Fsp3) is 0.103. The molecule has 0 spiro atoms. The number of hydrogen-bond donors (Lipinski definition) is 2. The van der Waals surface area contributed by atoms with Gasteiger partial charge in [0.25, 0.3) is 5.91 Å². The van der Waals surface area contributed by atoms with Crippen LogP contribution in [-0.4, -0.2) is 15.9 Å². The maximum atomic E-state index is 13.1. The largest absolute Gasteiger partial charge is 0.489 e. The van der Waals surface area contributed by atoms with E-state index >= 15 is 0 Å². The molecule has 0 aliphatic carbocycles. The Hall–Kier alpha value is -4.38. The van der Waals surface area contributed by atoms with Gasteiger partial charge in [0.1, 0.15) is 18.2 Å². The number of aromatic nitrogens is 2. The van der Waals surface area contributed by atoms with Crippen molar-refractivity contribution < 1.29 is 9.53 Å². The zero-order chi connectivity index (χ0) is 23.2. The molecule has 1 amide bonds. The van der Waals surface area contributed by atoms with Crippen LogP contribution in [0.3, 0.4) is 0 Å². The first-order valence-corrected chi connectivity index (χ1v) is 11.3. The highest BCUT2D eigenvalue weighted by Crippen LogP contribution is 2.21. The van der Waals surface area contributed by atoms with Crippen LogP contribution in [0.2, 0.25) is 0 Å². The predicted molar refractivity (Wildman–Crippen MR) is 134 cm³/mol. The molecular weight excluding hydrogens is 422 g/mol. The van der Waals surface area contributed by atoms with Crippen LogP contribution >= 0.6 is 0 Å². The molecule has 34 heavy (non-hydrogen) atoms. The number of carbonyl (C=O) groups is 1. The molecule has 0 saturated heterocycles. The first kappa shape index (κ1) is 21.5. The molecule has 0 fully saturated rings. The minimum absolute atomic E-state index is 0.142. The van der Waals surface area contributed by atoms with Gasteiger partial charge in [-0.3, -0.25) is 4.79 Å². The summed E-state index contributed by atoms with van der Waals surface area (Å²) < 4.78 is 5.80. The van der Waals surface area contributed by atoms with Gasteiger partial charge in [-0.2, -0.15) is 0 Å². The van der Waals surface area contributed by atoms with E-state index in [0.29, 0.717) is 18.6 Å². The number of nitrogens with one attached hydrogen (secondary N) is 2. The second-order valence-corrected chi connectivity index (χ2v) is 8.15. The zero-order valence-electron chi connectivity index (χ0n) is 18.6. The Morgan fingerprint density at radius 1 is 0.794 bits per heavy atom. The van der Waals surface area contributed by atoms with Crippen LogP contribution in [0.15, 0.2) is 109 Å². The maximum absolute atomic E-state index is 13.1. The van der Waals surface area contributed by atoms with Gasteiger partial charge in [-0.15, -0.1) is 0 Å². The number of H-pyrrole nitrogens is 1. The van der Waals surface area contributed by atoms with E-state index in [-0.39, 0.29) is 11.9 Å². The molecule has 5 nitrogen and oxygen atoms in total. The fourth-order valence-electron chi connectivity index (χ4n) is 3.88. The minimum atomic E-state index is -0.289. The van der Waals surface area contributed by atoms with E-state index in [0.717, 1.165) is 33.7 Å². The maximum Gasteiger partial charge on any atom is 0.251 e. The van der Waals surface area contributed by atoms with E-state index in [1.807, 2.05) is 97.1 Å². The van der Waals surface area contributed by atoms with Crippen molar-refractivity contribution in [2.45, 2.75) is 19.1 Å². The molecule has 168 valence electrons. The number of rotatable bonds is 8. The van der Waals surface area contributed by atoms with Crippen molar-refractivity contribution in [3.63, 3.8) is 0 Å². The summed E-state index contributed by atoms with van der Waals surface area (Å²) in [6.45, 7) is 0.446. The van der Waals surface area contributed by atoms with Gasteiger partial charge in [-0.05, 0) is 53.9 Å². The van der Waals surface area contributed by atoms with Crippen molar-refractivity contribution in [1.82, 2.24) is 15.3 Å². The van der Waals surface area contributed by atoms with Crippen molar-refractivity contribution in [3.05, 3.63) is 132 Å². The lowest BCUT2D eigenvalue weighted by atomic mass is 10.0. The summed E-state index contributed by atoms with van der Waals surface area (Å²) in [5, 5.41) is 3.17. The van der Waals surface area contributed by atoms with E-state index in [4.69, 9.17) is 9.72 Å². The van der Waals surface area contributed by atoms with Crippen LogP contribution in [0.25, 0.3) is 11.0 Å². The lowest BCUT2D eigenvalue weighted by Gasteiger charge is -2.17. The highest BCUT2D eigenvalue weighted by atomic mass is 16.5. The molecule has 0 aliphatic heterocycles. The lowest BCUT2D eigenvalue weighted by Crippen LogP contribution is -2.30. The number of aromatic amines is 1. The van der Waals surface area contributed by atoms with Gasteiger partial charge >= 0.3 is 0 Å². The van der Waals surface area contributed by atoms with Gasteiger partial charge in [0, 0.05) is 5.56 Å². The summed E-state index contributed by atoms with van der Waals surface area (Å²) in [7, 11) is 0. The molecule has 0 saturated carbocycles. The van der Waals surface area contributed by atoms with Crippen molar-refractivity contribution in [1.29, 1.82) is 0 Å². The summed E-state index contributed by atoms with van der Waals surface area (Å²) in [4.78, 5) is 21.2. The molecule has 2 N–H and O–H groups in total. The fourth-order valence-corrected chi connectivity index (χ4v) is 3.88. The number of carbonyl (C=O) groups excluding carboxylic acids is 1. The van der Waals surface area contributed by atoms with E-state index < -0.39 is 0 Å². The molecule has 0 aliphatic rings. The third kappa shape index (κ3) is 5.15. The Balaban J connectivity index is 1.31. The van der Waals surface area contributed by atoms with Crippen LogP contribution in [0.5, 0.6) is 5.75 Å². The minimum Gasteiger partial charge on any atom is -0.489 e. The van der Waals surface area contributed by atoms with Crippen LogP contribution in [0.1, 0.15) is 33.4 Å². The number of benzene rings is 4. The summed E-state index contributed by atoms with van der Waals surface area (Å²) in [5.74, 6) is 1.42. The zero-order valence-corrected chi connectivity index (χ0v) is 18.6. The second-order valence-electron chi connectivity index (χ2n) is 8.15. The third-order valence-corrected chi connectivity index (χ3v) is 5.69. The standard InChI is InChI=1S/C29H25N3O2/c33-29(23-17-15-22(16-18-23)20-34-24-11-5-2-6-12-24)32-27(19-21-9-3-1-4-10-21)28-30-25-13-7-8-14-26(25)31-28/h1-18,27H,19-20H2,(H,30,31)(H,32,33). The highest BCUT2D eigenvalue weighted by Gasteiger charge is 2.20. The average molecular weight is 448 g/mol. The smallest absolute Gasteiger partial charge is 0.251 e. The second kappa shape index (κ2) is 10.0. The van der Waals surface area contributed by atoms with Gasteiger partial charge in [0.2, 0.25) is 0 Å². The summed E-state index contributed by atoms with van der Waals surface area (Å²) in [6.07, 6.45) is 0.634. The van der Waals surface area contributed by atoms with Gasteiger partial charge in [-0.25, -0.2) is 4.98 Å². The average Bonchev–Trinajstić information content (AvgIpc) is 3.33. The van der Waals surface area contributed by atoms with Crippen LogP contribution in [0.4, 0.5) is 0 Å². The predicted octanol–water partition coefficient (Wildman–Crippen LogP) is 5.86. The number of amides is 1. The Kier molecular flexibility index (Phi) is 6.34. The van der Waals surface area contributed by atoms with Crippen LogP contribution in [-0.2, 0) is 13.0 Å². The third-order valence-electron chi connectivity index (χ3n) is 5.69. The Labute approximate surface area is 198 Å². The molecule has 0 radical (unpaired) electrons. The summed E-state index contributed by atoms with van der Waals surface area (Å²) >= 11 is 0. The van der Waals surface area contributed by atoms with Gasteiger partial charge in [0.05, 0.1) is 17.1 Å². The topological polar surface area (TPSA) is 67.0 Å². The molecule has 0 bridgehead atoms. The lowest BCUT2D eigenvalue weighted by molar-refractivity contribution is 0.0935. The Bertz CT molecular complexity index is 1330. The molecule has 4 aromatic carbocycles. The van der Waals surface area contributed by atoms with Crippen LogP contribution in [0, 0.1) is 0 Å². The molecule has 5 aromatic rings. The molecule has 5 heteroatoms. The molecule has 1 unspecified atom stereocenters. The van der Waals surface area contributed by atoms with Crippen molar-refractivity contribution in [2.75, 3.05) is 0 Å². The van der Waals surface area contributed by atoms with E-state index in [2.05, 4.69) is 22.4 Å². The Morgan fingerprint density at radius 2 is 1.47 bits per heavy atom. The van der Waals surface area contributed by atoms with E-state index in [9.17, 15) is 4.79 Å². The Morgan fingerprint density at radius 3 is 2.21 bits per heavy atom. The van der Waals surface area contributed by atoms with E-state index in [1.165, 1.54) is 0 Å². The van der Waals surface area contributed by atoms with Crippen molar-refractivity contribution in [2.24, 2.45) is 0 Å². The van der Waals surface area contributed by atoms with E-state index in [1.54, 1.807) is 0 Å². The normalized spacial score (nSPS) is 11.8. The number of ether oxygens (including phenoxy) is 1. The summed E-state index contributed by atoms with van der Waals surface area (Å²) in [6, 6.07) is 34.9. The molecule has 1 heterocycles. The van der Waals surface area contributed by atoms with Crippen LogP contribution < -0.4 is 10.1 Å². The molecule has 1 atom stereocenters. The van der Waals surface area contributed by atoms with Crippen molar-refractivity contribution in [3.8, 4) is 5.75 Å².